The minimum absolute atomic E-state index is 0.0886. The molecule has 120 valence electrons. The number of nitrogens with one attached hydrogen (secondary N) is 1. The van der Waals surface area contributed by atoms with E-state index in [1.807, 2.05) is 27.7 Å². The highest BCUT2D eigenvalue weighted by atomic mass is 32.2. The minimum atomic E-state index is -3.47. The van der Waals surface area contributed by atoms with E-state index in [9.17, 15) is 8.42 Å². The van der Waals surface area contributed by atoms with Gasteiger partial charge in [-0.25, -0.2) is 8.42 Å². The van der Waals surface area contributed by atoms with Gasteiger partial charge in [0.1, 0.15) is 5.75 Å². The highest BCUT2D eigenvalue weighted by molar-refractivity contribution is 7.89. The molecule has 0 heterocycles. The molecule has 1 rings (SSSR count). The monoisotopic (exact) mass is 314 g/mol. The van der Waals surface area contributed by atoms with Crippen LogP contribution in [-0.2, 0) is 16.6 Å². The second kappa shape index (κ2) is 7.24. The van der Waals surface area contributed by atoms with Gasteiger partial charge in [-0.3, -0.25) is 0 Å². The molecule has 0 bridgehead atoms. The quantitative estimate of drug-likeness (QED) is 0.838. The van der Waals surface area contributed by atoms with Crippen molar-refractivity contribution < 1.29 is 13.2 Å². The molecule has 5 nitrogen and oxygen atoms in total. The van der Waals surface area contributed by atoms with Gasteiger partial charge in [-0.05, 0) is 32.0 Å². The van der Waals surface area contributed by atoms with Crippen LogP contribution in [0.1, 0.15) is 33.3 Å². The number of hydrogen-bond donors (Lipinski definition) is 1. The summed E-state index contributed by atoms with van der Waals surface area (Å²) in [5, 5.41) is 3.28. The van der Waals surface area contributed by atoms with E-state index >= 15 is 0 Å². The normalized spacial score (nSPS) is 12.4. The molecule has 0 saturated carbocycles. The van der Waals surface area contributed by atoms with Gasteiger partial charge in [0.25, 0.3) is 0 Å². The molecule has 0 spiro atoms. The minimum Gasteiger partial charge on any atom is -0.496 e. The summed E-state index contributed by atoms with van der Waals surface area (Å²) in [5.41, 5.74) is 0.837. The fourth-order valence-electron chi connectivity index (χ4n) is 1.81. The molecule has 0 aliphatic heterocycles. The Morgan fingerprint density at radius 2 is 1.86 bits per heavy atom. The molecule has 0 atom stereocenters. The number of sulfonamides is 1. The molecule has 0 aliphatic rings. The van der Waals surface area contributed by atoms with E-state index in [0.717, 1.165) is 5.56 Å². The number of methoxy groups -OCH3 is 1. The Morgan fingerprint density at radius 1 is 1.24 bits per heavy atom. The van der Waals surface area contributed by atoms with Crippen molar-refractivity contribution >= 4 is 10.0 Å². The molecule has 6 heteroatoms. The second-order valence-corrected chi connectivity index (χ2v) is 7.62. The number of hydrogen-bond acceptors (Lipinski definition) is 4. The van der Waals surface area contributed by atoms with Crippen LogP contribution < -0.4 is 10.1 Å². The first-order chi connectivity index (χ1) is 9.70. The van der Waals surface area contributed by atoms with Gasteiger partial charge in [0.05, 0.1) is 12.0 Å². The number of ether oxygens (including phenoxy) is 1. The molecule has 21 heavy (non-hydrogen) atoms. The predicted octanol–water partition coefficient (Wildman–Crippen LogP) is 2.22. The molecular weight excluding hydrogens is 288 g/mol. The third-order valence-corrected chi connectivity index (χ3v) is 5.39. The van der Waals surface area contributed by atoms with Gasteiger partial charge in [0.2, 0.25) is 10.0 Å². The maximum Gasteiger partial charge on any atom is 0.243 e. The standard InChI is InChI=1S/C15H26N2O3S/c1-11(2)16-10-13-9-14(7-8-15(13)20-6)21(18,19)17(5)12(3)4/h7-9,11-12,16H,10H2,1-6H3. The zero-order chi connectivity index (χ0) is 16.2. The highest BCUT2D eigenvalue weighted by Crippen LogP contribution is 2.25. The van der Waals surface area contributed by atoms with E-state index < -0.39 is 10.0 Å². The molecule has 1 aromatic carbocycles. The van der Waals surface area contributed by atoms with Gasteiger partial charge in [0.15, 0.2) is 0 Å². The number of nitrogens with zero attached hydrogens (tertiary/aromatic N) is 1. The molecule has 0 radical (unpaired) electrons. The van der Waals surface area contributed by atoms with Crippen molar-refractivity contribution in [3.05, 3.63) is 23.8 Å². The first-order valence-corrected chi connectivity index (χ1v) is 8.52. The van der Waals surface area contributed by atoms with E-state index in [1.54, 1.807) is 32.4 Å². The smallest absolute Gasteiger partial charge is 0.243 e. The third kappa shape index (κ3) is 4.43. The van der Waals surface area contributed by atoms with Crippen molar-refractivity contribution in [3.8, 4) is 5.75 Å². The lowest BCUT2D eigenvalue weighted by Crippen LogP contribution is -2.33. The van der Waals surface area contributed by atoms with Crippen molar-refractivity contribution in [2.45, 2.75) is 51.2 Å². The lowest BCUT2D eigenvalue weighted by molar-refractivity contribution is 0.403. The number of rotatable bonds is 7. The van der Waals surface area contributed by atoms with Crippen molar-refractivity contribution in [3.63, 3.8) is 0 Å². The summed E-state index contributed by atoms with van der Waals surface area (Å²) >= 11 is 0. The third-order valence-electron chi connectivity index (χ3n) is 3.36. The molecule has 0 fully saturated rings. The number of benzene rings is 1. The van der Waals surface area contributed by atoms with Crippen molar-refractivity contribution in [1.29, 1.82) is 0 Å². The average molecular weight is 314 g/mol. The lowest BCUT2D eigenvalue weighted by Gasteiger charge is -2.22. The molecule has 0 aliphatic carbocycles. The summed E-state index contributed by atoms with van der Waals surface area (Å²) in [5.74, 6) is 0.689. The van der Waals surface area contributed by atoms with Crippen LogP contribution in [0.5, 0.6) is 5.75 Å². The van der Waals surface area contributed by atoms with E-state index in [-0.39, 0.29) is 6.04 Å². The molecule has 0 aromatic heterocycles. The molecule has 1 aromatic rings. The summed E-state index contributed by atoms with van der Waals surface area (Å²) in [6.07, 6.45) is 0. The summed E-state index contributed by atoms with van der Waals surface area (Å²) in [6.45, 7) is 8.35. The lowest BCUT2D eigenvalue weighted by atomic mass is 10.2. The maximum absolute atomic E-state index is 12.5. The second-order valence-electron chi connectivity index (χ2n) is 5.62. The van der Waals surface area contributed by atoms with Gasteiger partial charge < -0.3 is 10.1 Å². The van der Waals surface area contributed by atoms with Crippen LogP contribution in [0.15, 0.2) is 23.1 Å². The van der Waals surface area contributed by atoms with E-state index in [4.69, 9.17) is 4.74 Å². The van der Waals surface area contributed by atoms with Crippen LogP contribution in [0.2, 0.25) is 0 Å². The molecule has 0 amide bonds. The van der Waals surface area contributed by atoms with Crippen LogP contribution >= 0.6 is 0 Å². The largest absolute Gasteiger partial charge is 0.496 e. The summed E-state index contributed by atoms with van der Waals surface area (Å²) in [4.78, 5) is 0.292. The predicted molar refractivity (Wildman–Crippen MR) is 85.1 cm³/mol. The topological polar surface area (TPSA) is 58.6 Å². The average Bonchev–Trinajstić information content (AvgIpc) is 2.43. The Balaban J connectivity index is 3.18. The Labute approximate surface area is 128 Å². The molecule has 0 saturated heterocycles. The summed E-state index contributed by atoms with van der Waals surface area (Å²) in [7, 11) is -0.295. The molecule has 0 unspecified atom stereocenters. The van der Waals surface area contributed by atoms with Crippen LogP contribution in [0.25, 0.3) is 0 Å². The Bertz CT molecular complexity index is 568. The summed E-state index contributed by atoms with van der Waals surface area (Å²) < 4.78 is 31.7. The van der Waals surface area contributed by atoms with E-state index in [2.05, 4.69) is 5.32 Å². The van der Waals surface area contributed by atoms with Crippen molar-refractivity contribution in [1.82, 2.24) is 9.62 Å². The van der Waals surface area contributed by atoms with Gasteiger partial charge in [-0.1, -0.05) is 13.8 Å². The van der Waals surface area contributed by atoms with Gasteiger partial charge in [-0.2, -0.15) is 4.31 Å². The first-order valence-electron chi connectivity index (χ1n) is 7.08. The van der Waals surface area contributed by atoms with Gasteiger partial charge in [-0.15, -0.1) is 0 Å². The van der Waals surface area contributed by atoms with Crippen LogP contribution in [0.4, 0.5) is 0 Å². The van der Waals surface area contributed by atoms with Crippen LogP contribution in [0.3, 0.4) is 0 Å². The first kappa shape index (κ1) is 17.9. The van der Waals surface area contributed by atoms with Crippen molar-refractivity contribution in [2.75, 3.05) is 14.2 Å². The Morgan fingerprint density at radius 3 is 2.33 bits per heavy atom. The highest BCUT2D eigenvalue weighted by Gasteiger charge is 2.24. The fourth-order valence-corrected chi connectivity index (χ4v) is 3.23. The Kier molecular flexibility index (Phi) is 6.19. The fraction of sp³-hybridized carbons (Fsp3) is 0.600. The van der Waals surface area contributed by atoms with E-state index in [0.29, 0.717) is 23.2 Å². The van der Waals surface area contributed by atoms with Crippen molar-refractivity contribution in [2.24, 2.45) is 0 Å². The molecular formula is C15H26N2O3S. The van der Waals surface area contributed by atoms with E-state index in [1.165, 1.54) is 4.31 Å². The zero-order valence-corrected chi connectivity index (χ0v) is 14.5. The van der Waals surface area contributed by atoms with Crippen LogP contribution in [0, 0.1) is 0 Å². The van der Waals surface area contributed by atoms with Gasteiger partial charge in [0, 0.05) is 31.2 Å². The zero-order valence-electron chi connectivity index (χ0n) is 13.7. The summed E-state index contributed by atoms with van der Waals surface area (Å²) in [6, 6.07) is 5.20. The van der Waals surface area contributed by atoms with Crippen LogP contribution in [-0.4, -0.2) is 39.0 Å². The Hall–Kier alpha value is -1.11. The molecule has 1 N–H and O–H groups in total. The SMILES string of the molecule is COc1ccc(S(=O)(=O)N(C)C(C)C)cc1CNC(C)C. The van der Waals surface area contributed by atoms with Gasteiger partial charge >= 0.3 is 0 Å². The maximum atomic E-state index is 12.5.